The van der Waals surface area contributed by atoms with Crippen LogP contribution in [0.4, 0.5) is 0 Å². The second-order valence-electron chi connectivity index (χ2n) is 18.6. The van der Waals surface area contributed by atoms with Gasteiger partial charge in [-0.05, 0) is 37.0 Å². The summed E-state index contributed by atoms with van der Waals surface area (Å²) < 4.78 is 16.8. The molecule has 0 amide bonds. The van der Waals surface area contributed by atoms with Gasteiger partial charge in [-0.3, -0.25) is 14.4 Å². The third-order valence-corrected chi connectivity index (χ3v) is 11.8. The lowest BCUT2D eigenvalue weighted by molar-refractivity contribution is -0.167. The van der Waals surface area contributed by atoms with Crippen molar-refractivity contribution in [2.75, 3.05) is 13.2 Å². The quantitative estimate of drug-likeness (QED) is 0.0347. The van der Waals surface area contributed by atoms with Crippen LogP contribution in [0.2, 0.25) is 0 Å². The molecule has 0 aliphatic rings. The van der Waals surface area contributed by atoms with Crippen molar-refractivity contribution in [1.29, 1.82) is 0 Å². The topological polar surface area (TPSA) is 78.9 Å². The van der Waals surface area contributed by atoms with Crippen LogP contribution in [0.5, 0.6) is 0 Å². The summed E-state index contributed by atoms with van der Waals surface area (Å²) in [5.74, 6) is 1.61. The molecule has 57 heavy (non-hydrogen) atoms. The molecule has 6 nitrogen and oxygen atoms in total. The minimum absolute atomic E-state index is 0.0660. The Morgan fingerprint density at radius 3 is 0.912 bits per heavy atom. The lowest BCUT2D eigenvalue weighted by Gasteiger charge is -2.18. The summed E-state index contributed by atoms with van der Waals surface area (Å²) >= 11 is 0. The Morgan fingerprint density at radius 1 is 0.351 bits per heavy atom. The molecular formula is C51H98O6. The maximum atomic E-state index is 12.8. The van der Waals surface area contributed by atoms with Gasteiger partial charge in [0.2, 0.25) is 0 Å². The number of hydrogen-bond donors (Lipinski definition) is 0. The summed E-state index contributed by atoms with van der Waals surface area (Å²) in [6.45, 7) is 13.7. The number of rotatable bonds is 44. The van der Waals surface area contributed by atoms with Gasteiger partial charge in [0.05, 0.1) is 0 Å². The molecule has 0 N–H and O–H groups in total. The van der Waals surface area contributed by atoms with Gasteiger partial charge in [0, 0.05) is 19.3 Å². The third-order valence-electron chi connectivity index (χ3n) is 11.8. The maximum absolute atomic E-state index is 12.8. The SMILES string of the molecule is CCC(C)CCCCCCCCCCCCCCCCC(=O)O[C@H](COC(=O)CCCCCCCCCCCC(C)C)COC(=O)CCCCCCCCC(C)C. The van der Waals surface area contributed by atoms with Crippen LogP contribution in [0.15, 0.2) is 0 Å². The average molecular weight is 807 g/mol. The van der Waals surface area contributed by atoms with Crippen LogP contribution in [-0.4, -0.2) is 37.2 Å². The van der Waals surface area contributed by atoms with Gasteiger partial charge in [-0.1, -0.05) is 234 Å². The molecule has 0 saturated heterocycles. The molecule has 338 valence electrons. The van der Waals surface area contributed by atoms with E-state index < -0.39 is 6.10 Å². The molecule has 0 rings (SSSR count). The Balaban J connectivity index is 4.27. The Morgan fingerprint density at radius 2 is 0.614 bits per heavy atom. The van der Waals surface area contributed by atoms with Crippen molar-refractivity contribution in [1.82, 2.24) is 0 Å². The van der Waals surface area contributed by atoms with Crippen LogP contribution in [0.3, 0.4) is 0 Å². The van der Waals surface area contributed by atoms with Crippen LogP contribution < -0.4 is 0 Å². The van der Waals surface area contributed by atoms with Gasteiger partial charge in [0.25, 0.3) is 0 Å². The number of ether oxygens (including phenoxy) is 3. The lowest BCUT2D eigenvalue weighted by Crippen LogP contribution is -2.30. The molecular weight excluding hydrogens is 709 g/mol. The van der Waals surface area contributed by atoms with E-state index in [9.17, 15) is 14.4 Å². The summed E-state index contributed by atoms with van der Waals surface area (Å²) in [6.07, 6.45) is 41.0. The number of carbonyl (C=O) groups is 3. The summed E-state index contributed by atoms with van der Waals surface area (Å²) in [5, 5.41) is 0. The van der Waals surface area contributed by atoms with Gasteiger partial charge in [-0.25, -0.2) is 0 Å². The summed E-state index contributed by atoms with van der Waals surface area (Å²) in [5.41, 5.74) is 0. The molecule has 0 fully saturated rings. The normalized spacial score (nSPS) is 12.6. The lowest BCUT2D eigenvalue weighted by atomic mass is 9.99. The van der Waals surface area contributed by atoms with Crippen LogP contribution in [-0.2, 0) is 28.6 Å². The first-order chi connectivity index (χ1) is 27.6. The van der Waals surface area contributed by atoms with Gasteiger partial charge in [-0.15, -0.1) is 0 Å². The number of unbranched alkanes of at least 4 members (excludes halogenated alkanes) is 26. The highest BCUT2D eigenvalue weighted by Crippen LogP contribution is 2.18. The van der Waals surface area contributed by atoms with Crippen molar-refractivity contribution in [3.63, 3.8) is 0 Å². The van der Waals surface area contributed by atoms with E-state index in [-0.39, 0.29) is 31.1 Å². The molecule has 2 atom stereocenters. The number of hydrogen-bond acceptors (Lipinski definition) is 6. The van der Waals surface area contributed by atoms with E-state index in [1.165, 1.54) is 154 Å². The monoisotopic (exact) mass is 807 g/mol. The highest BCUT2D eigenvalue weighted by atomic mass is 16.6. The van der Waals surface area contributed by atoms with E-state index in [4.69, 9.17) is 14.2 Å². The summed E-state index contributed by atoms with van der Waals surface area (Å²) in [7, 11) is 0. The van der Waals surface area contributed by atoms with Crippen molar-refractivity contribution in [3.05, 3.63) is 0 Å². The zero-order valence-electron chi connectivity index (χ0n) is 39.1. The van der Waals surface area contributed by atoms with Crippen LogP contribution in [0.25, 0.3) is 0 Å². The fraction of sp³-hybridized carbons (Fsp3) is 0.941. The molecule has 0 bridgehead atoms. The van der Waals surface area contributed by atoms with E-state index in [0.717, 1.165) is 75.5 Å². The minimum Gasteiger partial charge on any atom is -0.462 e. The van der Waals surface area contributed by atoms with Crippen molar-refractivity contribution >= 4 is 17.9 Å². The molecule has 0 spiro atoms. The molecule has 0 aromatic heterocycles. The maximum Gasteiger partial charge on any atom is 0.306 e. The van der Waals surface area contributed by atoms with Gasteiger partial charge in [-0.2, -0.15) is 0 Å². The molecule has 0 radical (unpaired) electrons. The van der Waals surface area contributed by atoms with Crippen molar-refractivity contribution < 1.29 is 28.6 Å². The second-order valence-corrected chi connectivity index (χ2v) is 18.6. The molecule has 0 heterocycles. The molecule has 1 unspecified atom stereocenters. The fourth-order valence-corrected chi connectivity index (χ4v) is 7.55. The van der Waals surface area contributed by atoms with E-state index in [2.05, 4.69) is 41.5 Å². The van der Waals surface area contributed by atoms with Crippen molar-refractivity contribution in [3.8, 4) is 0 Å². The standard InChI is InChI=1S/C51H98O6/c1-7-47(6)39-33-27-20-16-12-10-8-9-11-13-17-22-30-36-42-51(54)57-48(44-56-50(53)41-35-29-24-23-26-32-38-46(4)5)43-55-49(52)40-34-28-21-18-14-15-19-25-31-37-45(2)3/h45-48H,7-44H2,1-6H3/t47?,48-/m1/s1. The first-order valence-electron chi connectivity index (χ1n) is 25.1. The Hall–Kier alpha value is -1.59. The van der Waals surface area contributed by atoms with Crippen LogP contribution in [0, 0.1) is 17.8 Å². The average Bonchev–Trinajstić information content (AvgIpc) is 3.18. The molecule has 0 aliphatic heterocycles. The molecule has 0 aromatic rings. The smallest absolute Gasteiger partial charge is 0.306 e. The fourth-order valence-electron chi connectivity index (χ4n) is 7.55. The van der Waals surface area contributed by atoms with E-state index >= 15 is 0 Å². The molecule has 6 heteroatoms. The molecule has 0 aliphatic carbocycles. The van der Waals surface area contributed by atoms with Gasteiger partial charge >= 0.3 is 17.9 Å². The molecule has 0 aromatic carbocycles. The zero-order valence-corrected chi connectivity index (χ0v) is 39.1. The van der Waals surface area contributed by atoms with E-state index in [1.54, 1.807) is 0 Å². The predicted octanol–water partition coefficient (Wildman–Crippen LogP) is 16.0. The highest BCUT2D eigenvalue weighted by Gasteiger charge is 2.19. The van der Waals surface area contributed by atoms with Gasteiger partial charge < -0.3 is 14.2 Å². The molecule has 0 saturated carbocycles. The van der Waals surface area contributed by atoms with Crippen LogP contribution >= 0.6 is 0 Å². The Kier molecular flexibility index (Phi) is 41.3. The van der Waals surface area contributed by atoms with Gasteiger partial charge in [0.15, 0.2) is 6.10 Å². The second kappa shape index (κ2) is 42.5. The Labute approximate surface area is 355 Å². The summed E-state index contributed by atoms with van der Waals surface area (Å²) in [4.78, 5) is 37.8. The summed E-state index contributed by atoms with van der Waals surface area (Å²) in [6, 6.07) is 0. The minimum atomic E-state index is -0.762. The van der Waals surface area contributed by atoms with Crippen molar-refractivity contribution in [2.24, 2.45) is 17.8 Å². The first-order valence-corrected chi connectivity index (χ1v) is 25.1. The highest BCUT2D eigenvalue weighted by molar-refractivity contribution is 5.71. The van der Waals surface area contributed by atoms with Crippen molar-refractivity contribution in [2.45, 2.75) is 279 Å². The van der Waals surface area contributed by atoms with Crippen LogP contribution in [0.1, 0.15) is 273 Å². The number of esters is 3. The van der Waals surface area contributed by atoms with Gasteiger partial charge in [0.1, 0.15) is 13.2 Å². The predicted molar refractivity (Wildman–Crippen MR) is 243 cm³/mol. The third kappa shape index (κ3) is 43.8. The van der Waals surface area contributed by atoms with E-state index in [0.29, 0.717) is 19.3 Å². The number of carbonyl (C=O) groups excluding carboxylic acids is 3. The Bertz CT molecular complexity index is 885. The largest absolute Gasteiger partial charge is 0.462 e. The first kappa shape index (κ1) is 55.4. The zero-order chi connectivity index (χ0) is 42.0. The van der Waals surface area contributed by atoms with E-state index in [1.807, 2.05) is 0 Å².